The number of hydrogen-bond donors (Lipinski definition) is 0. The van der Waals surface area contributed by atoms with Gasteiger partial charge < -0.3 is 19.3 Å². The quantitative estimate of drug-likeness (QED) is 0.770. The van der Waals surface area contributed by atoms with E-state index in [4.69, 9.17) is 21.1 Å². The Hall–Kier alpha value is -1.79. The summed E-state index contributed by atoms with van der Waals surface area (Å²) in [5.41, 5.74) is -0.417. The molecule has 2 aliphatic heterocycles. The second kappa shape index (κ2) is 7.62. The molecule has 0 aromatic heterocycles. The van der Waals surface area contributed by atoms with Crippen LogP contribution in [0.2, 0.25) is 5.02 Å². The molecule has 0 aliphatic carbocycles. The van der Waals surface area contributed by atoms with Gasteiger partial charge in [-0.3, -0.25) is 9.59 Å². The number of hydrogen-bond acceptors (Lipinski definition) is 4. The number of benzene rings is 1. The zero-order valence-electron chi connectivity index (χ0n) is 14.4. The van der Waals surface area contributed by atoms with Crippen molar-refractivity contribution in [3.8, 4) is 5.75 Å². The fourth-order valence-electron chi connectivity index (χ4n) is 3.56. The van der Waals surface area contributed by atoms with E-state index in [2.05, 4.69) is 0 Å². The van der Waals surface area contributed by atoms with Crippen molar-refractivity contribution in [2.75, 3.05) is 46.5 Å². The molecular formula is C18H23ClN2O4. The molecular weight excluding hydrogens is 344 g/mol. The summed E-state index contributed by atoms with van der Waals surface area (Å²) in [6, 6.07) is 6.97. The summed E-state index contributed by atoms with van der Waals surface area (Å²) in [7, 11) is 1.63. The zero-order chi connectivity index (χ0) is 17.9. The summed E-state index contributed by atoms with van der Waals surface area (Å²) < 4.78 is 10.6. The molecule has 2 heterocycles. The van der Waals surface area contributed by atoms with Crippen LogP contribution in [-0.2, 0) is 14.3 Å². The van der Waals surface area contributed by atoms with E-state index in [-0.39, 0.29) is 18.4 Å². The van der Waals surface area contributed by atoms with E-state index in [1.54, 1.807) is 36.3 Å². The van der Waals surface area contributed by atoms with Crippen molar-refractivity contribution < 1.29 is 19.1 Å². The lowest BCUT2D eigenvalue weighted by molar-refractivity contribution is -0.137. The first-order valence-electron chi connectivity index (χ1n) is 8.48. The highest BCUT2D eigenvalue weighted by Gasteiger charge is 2.51. The van der Waals surface area contributed by atoms with Crippen LogP contribution < -0.4 is 4.74 Å². The summed E-state index contributed by atoms with van der Waals surface area (Å²) in [6.45, 7) is 2.93. The van der Waals surface area contributed by atoms with Crippen LogP contribution >= 0.6 is 11.6 Å². The Morgan fingerprint density at radius 1 is 1.32 bits per heavy atom. The topological polar surface area (TPSA) is 59.1 Å². The lowest BCUT2D eigenvalue weighted by Crippen LogP contribution is -2.40. The van der Waals surface area contributed by atoms with E-state index >= 15 is 0 Å². The van der Waals surface area contributed by atoms with E-state index in [9.17, 15) is 9.59 Å². The van der Waals surface area contributed by atoms with Crippen molar-refractivity contribution in [2.24, 2.45) is 5.41 Å². The van der Waals surface area contributed by atoms with Gasteiger partial charge in [0.25, 0.3) is 5.91 Å². The third-order valence-electron chi connectivity index (χ3n) is 5.03. The molecule has 1 unspecified atom stereocenters. The summed E-state index contributed by atoms with van der Waals surface area (Å²) >= 11 is 5.91. The van der Waals surface area contributed by atoms with Crippen LogP contribution in [0.3, 0.4) is 0 Å². The number of carbonyl (C=O) groups is 2. The Labute approximate surface area is 152 Å². The van der Waals surface area contributed by atoms with Crippen molar-refractivity contribution in [1.29, 1.82) is 0 Å². The highest BCUT2D eigenvalue weighted by atomic mass is 35.5. The van der Waals surface area contributed by atoms with Crippen LogP contribution in [0.1, 0.15) is 12.8 Å². The molecule has 0 radical (unpaired) electrons. The molecule has 0 bridgehead atoms. The number of methoxy groups -OCH3 is 1. The van der Waals surface area contributed by atoms with E-state index in [1.165, 1.54) is 0 Å². The molecule has 2 saturated heterocycles. The third kappa shape index (κ3) is 3.90. The molecule has 1 spiro atoms. The SMILES string of the molecule is COCCN1CCC2(CCN(C(=O)COc3cccc(Cl)c3)C2)C1=O. The van der Waals surface area contributed by atoms with Crippen molar-refractivity contribution in [3.05, 3.63) is 29.3 Å². The van der Waals surface area contributed by atoms with Crippen LogP contribution in [-0.4, -0.2) is 68.1 Å². The first kappa shape index (κ1) is 18.0. The minimum absolute atomic E-state index is 0.0436. The van der Waals surface area contributed by atoms with Gasteiger partial charge in [0.15, 0.2) is 6.61 Å². The van der Waals surface area contributed by atoms with Crippen molar-refractivity contribution >= 4 is 23.4 Å². The Morgan fingerprint density at radius 3 is 2.88 bits per heavy atom. The number of carbonyl (C=O) groups excluding carboxylic acids is 2. The predicted molar refractivity (Wildman–Crippen MR) is 93.7 cm³/mol. The molecule has 0 saturated carbocycles. The van der Waals surface area contributed by atoms with Crippen molar-refractivity contribution in [1.82, 2.24) is 9.80 Å². The summed E-state index contributed by atoms with van der Waals surface area (Å²) in [5.74, 6) is 0.619. The number of ether oxygens (including phenoxy) is 2. The molecule has 1 aromatic carbocycles. The van der Waals surface area contributed by atoms with Gasteiger partial charge in [0.05, 0.1) is 12.0 Å². The number of amides is 2. The summed E-state index contributed by atoms with van der Waals surface area (Å²) in [4.78, 5) is 28.7. The fraction of sp³-hybridized carbons (Fsp3) is 0.556. The number of likely N-dealkylation sites (tertiary alicyclic amines) is 2. The molecule has 0 N–H and O–H groups in total. The average molecular weight is 367 g/mol. The van der Waals surface area contributed by atoms with E-state index in [1.807, 2.05) is 4.90 Å². The Bertz CT molecular complexity index is 654. The van der Waals surface area contributed by atoms with Gasteiger partial charge in [0.1, 0.15) is 5.75 Å². The maximum absolute atomic E-state index is 12.7. The van der Waals surface area contributed by atoms with Gasteiger partial charge in [0.2, 0.25) is 5.91 Å². The molecule has 2 amide bonds. The normalized spacial score (nSPS) is 22.9. The minimum atomic E-state index is -0.417. The Morgan fingerprint density at radius 2 is 2.12 bits per heavy atom. The minimum Gasteiger partial charge on any atom is -0.484 e. The lowest BCUT2D eigenvalue weighted by Gasteiger charge is -2.23. The second-order valence-electron chi connectivity index (χ2n) is 6.63. The molecule has 1 aromatic rings. The van der Waals surface area contributed by atoms with Crippen LogP contribution in [0.25, 0.3) is 0 Å². The number of nitrogens with zero attached hydrogens (tertiary/aromatic N) is 2. The highest BCUT2D eigenvalue weighted by Crippen LogP contribution is 2.40. The standard InChI is InChI=1S/C18H23ClN2O4/c1-24-10-9-20-7-5-18(17(20)23)6-8-21(13-18)16(22)12-25-15-4-2-3-14(19)11-15/h2-4,11H,5-10,12-13H2,1H3. The van der Waals surface area contributed by atoms with Gasteiger partial charge in [0, 0.05) is 38.3 Å². The lowest BCUT2D eigenvalue weighted by atomic mass is 9.85. The van der Waals surface area contributed by atoms with E-state index in [0.29, 0.717) is 37.0 Å². The maximum Gasteiger partial charge on any atom is 0.260 e. The molecule has 3 rings (SSSR count). The van der Waals surface area contributed by atoms with Crippen LogP contribution in [0.15, 0.2) is 24.3 Å². The molecule has 136 valence electrons. The van der Waals surface area contributed by atoms with Crippen molar-refractivity contribution in [3.63, 3.8) is 0 Å². The van der Waals surface area contributed by atoms with Gasteiger partial charge in [-0.25, -0.2) is 0 Å². The summed E-state index contributed by atoms with van der Waals surface area (Å²) in [5, 5.41) is 0.567. The Balaban J connectivity index is 1.54. The third-order valence-corrected chi connectivity index (χ3v) is 5.27. The number of halogens is 1. The maximum atomic E-state index is 12.7. The van der Waals surface area contributed by atoms with Crippen LogP contribution in [0, 0.1) is 5.41 Å². The fourth-order valence-corrected chi connectivity index (χ4v) is 3.75. The zero-order valence-corrected chi connectivity index (χ0v) is 15.1. The van der Waals surface area contributed by atoms with Gasteiger partial charge in [-0.05, 0) is 31.0 Å². The van der Waals surface area contributed by atoms with Gasteiger partial charge in [-0.1, -0.05) is 17.7 Å². The van der Waals surface area contributed by atoms with Crippen LogP contribution in [0.4, 0.5) is 0 Å². The summed E-state index contributed by atoms with van der Waals surface area (Å²) in [6.07, 6.45) is 1.52. The monoisotopic (exact) mass is 366 g/mol. The number of rotatable bonds is 6. The smallest absolute Gasteiger partial charge is 0.260 e. The molecule has 2 aliphatic rings. The van der Waals surface area contributed by atoms with Crippen molar-refractivity contribution in [2.45, 2.75) is 12.8 Å². The molecule has 25 heavy (non-hydrogen) atoms. The Kier molecular flexibility index (Phi) is 5.49. The average Bonchev–Trinajstić information content (AvgIpc) is 3.17. The van der Waals surface area contributed by atoms with Gasteiger partial charge >= 0.3 is 0 Å². The first-order valence-corrected chi connectivity index (χ1v) is 8.86. The molecule has 6 nitrogen and oxygen atoms in total. The van der Waals surface area contributed by atoms with E-state index in [0.717, 1.165) is 19.4 Å². The van der Waals surface area contributed by atoms with E-state index < -0.39 is 5.41 Å². The highest BCUT2D eigenvalue weighted by molar-refractivity contribution is 6.30. The first-order chi connectivity index (χ1) is 12.0. The molecule has 1 atom stereocenters. The van der Waals surface area contributed by atoms with Gasteiger partial charge in [-0.15, -0.1) is 0 Å². The van der Waals surface area contributed by atoms with Crippen LogP contribution in [0.5, 0.6) is 5.75 Å². The molecule has 2 fully saturated rings. The predicted octanol–water partition coefficient (Wildman–Crippen LogP) is 1.82. The molecule has 7 heteroatoms. The van der Waals surface area contributed by atoms with Gasteiger partial charge in [-0.2, -0.15) is 0 Å². The largest absolute Gasteiger partial charge is 0.484 e. The second-order valence-corrected chi connectivity index (χ2v) is 7.06.